The lowest BCUT2D eigenvalue weighted by Crippen LogP contribution is -2.61. The summed E-state index contributed by atoms with van der Waals surface area (Å²) in [6.07, 6.45) is 9.79. The highest BCUT2D eigenvalue weighted by atomic mass is 16.3. The van der Waals surface area contributed by atoms with Crippen LogP contribution in [-0.4, -0.2) is 39.6 Å². The van der Waals surface area contributed by atoms with E-state index in [1.165, 1.54) is 0 Å². The molecule has 0 aromatic carbocycles. The number of carbonyl (C=O) groups excluding carboxylic acids is 1. The number of nitrogens with zero attached hydrogens (tertiary/aromatic N) is 2. The summed E-state index contributed by atoms with van der Waals surface area (Å²) in [5, 5.41) is 10.8. The molecule has 1 aromatic heterocycles. The lowest BCUT2D eigenvalue weighted by molar-refractivity contribution is -0.194. The van der Waals surface area contributed by atoms with Crippen LogP contribution in [0.25, 0.3) is 0 Å². The molecule has 1 aliphatic heterocycles. The molecule has 1 N–H and O–H groups in total. The van der Waals surface area contributed by atoms with E-state index >= 15 is 0 Å². The van der Waals surface area contributed by atoms with Crippen molar-refractivity contribution in [1.82, 2.24) is 9.88 Å². The second kappa shape index (κ2) is 5.99. The highest BCUT2D eigenvalue weighted by Gasteiger charge is 2.57. The van der Waals surface area contributed by atoms with Crippen molar-refractivity contribution in [3.05, 3.63) is 30.1 Å². The molecule has 4 nitrogen and oxygen atoms in total. The summed E-state index contributed by atoms with van der Waals surface area (Å²) in [7, 11) is 0. The molecule has 1 amide bonds. The average Bonchev–Trinajstić information content (AvgIpc) is 2.55. The molecule has 1 spiro atoms. The van der Waals surface area contributed by atoms with Gasteiger partial charge in [-0.3, -0.25) is 9.78 Å². The number of aromatic nitrogens is 1. The van der Waals surface area contributed by atoms with Gasteiger partial charge in [-0.2, -0.15) is 0 Å². The monoisotopic (exact) mass is 302 g/mol. The topological polar surface area (TPSA) is 53.4 Å². The van der Waals surface area contributed by atoms with Gasteiger partial charge < -0.3 is 10.0 Å². The largest absolute Gasteiger partial charge is 0.389 e. The Balaban J connectivity index is 1.57. The number of hydrogen-bond acceptors (Lipinski definition) is 3. The third-order valence-corrected chi connectivity index (χ3v) is 5.82. The van der Waals surface area contributed by atoms with Crippen LogP contribution in [0.1, 0.15) is 51.0 Å². The summed E-state index contributed by atoms with van der Waals surface area (Å²) >= 11 is 0. The molecule has 1 aromatic rings. The number of carbonyl (C=O) groups is 1. The molecule has 2 heterocycles. The van der Waals surface area contributed by atoms with Gasteiger partial charge in [-0.25, -0.2) is 0 Å². The second-order valence-electron chi connectivity index (χ2n) is 6.98. The van der Waals surface area contributed by atoms with Crippen LogP contribution in [0.4, 0.5) is 0 Å². The molecule has 0 radical (unpaired) electrons. The number of rotatable bonds is 4. The Morgan fingerprint density at radius 1 is 1.32 bits per heavy atom. The Hall–Kier alpha value is -1.42. The molecular formula is C18H26N2O2. The maximum atomic E-state index is 12.4. The highest BCUT2D eigenvalue weighted by Crippen LogP contribution is 2.58. The van der Waals surface area contributed by atoms with E-state index in [1.54, 1.807) is 12.4 Å². The standard InChI is InChI=1S/C18H26N2O2/c1-2-5-18(22)7-6-17(18)8-11-20(12-9-17)16(21)13-15-4-3-10-19-14-15/h3-4,10,14,22H,2,5-9,11-13H2,1H3. The summed E-state index contributed by atoms with van der Waals surface area (Å²) in [6, 6.07) is 3.81. The quantitative estimate of drug-likeness (QED) is 0.930. The molecule has 1 atom stereocenters. The SMILES string of the molecule is CCCC1(O)CCC12CCN(C(=O)Cc1cccnc1)CC2. The van der Waals surface area contributed by atoms with Gasteiger partial charge >= 0.3 is 0 Å². The fourth-order valence-electron chi connectivity index (χ4n) is 4.26. The Bertz CT molecular complexity index is 523. The Morgan fingerprint density at radius 3 is 2.64 bits per heavy atom. The first-order valence-electron chi connectivity index (χ1n) is 8.48. The minimum absolute atomic E-state index is 0.0775. The average molecular weight is 302 g/mol. The van der Waals surface area contributed by atoms with Crippen LogP contribution in [0.2, 0.25) is 0 Å². The molecular weight excluding hydrogens is 276 g/mol. The molecule has 0 bridgehead atoms. The number of aliphatic hydroxyl groups is 1. The Kier molecular flexibility index (Phi) is 4.22. The van der Waals surface area contributed by atoms with E-state index in [-0.39, 0.29) is 11.3 Å². The highest BCUT2D eigenvalue weighted by molar-refractivity contribution is 5.78. The third kappa shape index (κ3) is 2.65. The van der Waals surface area contributed by atoms with Gasteiger partial charge in [0.25, 0.3) is 0 Å². The van der Waals surface area contributed by atoms with E-state index in [0.717, 1.165) is 57.2 Å². The number of amides is 1. The van der Waals surface area contributed by atoms with Crippen LogP contribution in [0, 0.1) is 5.41 Å². The molecule has 1 saturated carbocycles. The fourth-order valence-corrected chi connectivity index (χ4v) is 4.26. The van der Waals surface area contributed by atoms with Crippen molar-refractivity contribution in [1.29, 1.82) is 0 Å². The molecule has 1 aliphatic carbocycles. The van der Waals surface area contributed by atoms with E-state index < -0.39 is 5.60 Å². The van der Waals surface area contributed by atoms with Crippen LogP contribution in [0.5, 0.6) is 0 Å². The molecule has 2 aliphatic rings. The Labute approximate surface area is 132 Å². The number of likely N-dealkylation sites (tertiary alicyclic amines) is 1. The summed E-state index contributed by atoms with van der Waals surface area (Å²) in [4.78, 5) is 18.4. The number of pyridine rings is 1. The lowest BCUT2D eigenvalue weighted by Gasteiger charge is -2.59. The van der Waals surface area contributed by atoms with E-state index in [9.17, 15) is 9.90 Å². The smallest absolute Gasteiger partial charge is 0.227 e. The van der Waals surface area contributed by atoms with Crippen LogP contribution < -0.4 is 0 Å². The van der Waals surface area contributed by atoms with E-state index in [4.69, 9.17) is 0 Å². The molecule has 1 saturated heterocycles. The summed E-state index contributed by atoms with van der Waals surface area (Å²) in [5.74, 6) is 0.182. The molecule has 2 fully saturated rings. The number of hydrogen-bond donors (Lipinski definition) is 1. The van der Waals surface area contributed by atoms with Gasteiger partial charge in [-0.05, 0) is 43.7 Å². The van der Waals surface area contributed by atoms with Crippen molar-refractivity contribution in [3.8, 4) is 0 Å². The van der Waals surface area contributed by atoms with Gasteiger partial charge in [-0.1, -0.05) is 19.4 Å². The maximum Gasteiger partial charge on any atom is 0.227 e. The Morgan fingerprint density at radius 2 is 2.09 bits per heavy atom. The van der Waals surface area contributed by atoms with Crippen molar-refractivity contribution in [2.75, 3.05) is 13.1 Å². The minimum Gasteiger partial charge on any atom is -0.389 e. The fraction of sp³-hybridized carbons (Fsp3) is 0.667. The predicted molar refractivity (Wildman–Crippen MR) is 85.3 cm³/mol. The van der Waals surface area contributed by atoms with Gasteiger partial charge in [-0.15, -0.1) is 0 Å². The summed E-state index contributed by atoms with van der Waals surface area (Å²) < 4.78 is 0. The van der Waals surface area contributed by atoms with Gasteiger partial charge in [0, 0.05) is 30.9 Å². The third-order valence-electron chi connectivity index (χ3n) is 5.82. The predicted octanol–water partition coefficient (Wildman–Crippen LogP) is 2.56. The maximum absolute atomic E-state index is 12.4. The molecule has 4 heteroatoms. The van der Waals surface area contributed by atoms with E-state index in [2.05, 4.69) is 11.9 Å². The van der Waals surface area contributed by atoms with Crippen LogP contribution in [-0.2, 0) is 11.2 Å². The van der Waals surface area contributed by atoms with Gasteiger partial charge in [0.2, 0.25) is 5.91 Å². The van der Waals surface area contributed by atoms with Crippen LogP contribution in [0.15, 0.2) is 24.5 Å². The zero-order chi connectivity index (χ0) is 15.6. The van der Waals surface area contributed by atoms with Crippen LogP contribution in [0.3, 0.4) is 0 Å². The van der Waals surface area contributed by atoms with Crippen molar-refractivity contribution < 1.29 is 9.90 Å². The van der Waals surface area contributed by atoms with Crippen molar-refractivity contribution in [3.63, 3.8) is 0 Å². The lowest BCUT2D eigenvalue weighted by atomic mass is 9.51. The first kappa shape index (κ1) is 15.5. The first-order chi connectivity index (χ1) is 10.6. The van der Waals surface area contributed by atoms with E-state index in [0.29, 0.717) is 6.42 Å². The molecule has 3 rings (SSSR count). The van der Waals surface area contributed by atoms with Gasteiger partial charge in [0.1, 0.15) is 0 Å². The normalized spacial score (nSPS) is 26.7. The first-order valence-corrected chi connectivity index (χ1v) is 8.48. The second-order valence-corrected chi connectivity index (χ2v) is 6.98. The zero-order valence-electron chi connectivity index (χ0n) is 13.4. The minimum atomic E-state index is -0.472. The zero-order valence-corrected chi connectivity index (χ0v) is 13.4. The molecule has 22 heavy (non-hydrogen) atoms. The van der Waals surface area contributed by atoms with Gasteiger partial charge in [0.15, 0.2) is 0 Å². The van der Waals surface area contributed by atoms with Crippen molar-refractivity contribution in [2.24, 2.45) is 5.41 Å². The van der Waals surface area contributed by atoms with Crippen molar-refractivity contribution in [2.45, 2.75) is 57.5 Å². The summed E-state index contributed by atoms with van der Waals surface area (Å²) in [6.45, 7) is 3.70. The van der Waals surface area contributed by atoms with Crippen LogP contribution >= 0.6 is 0 Å². The molecule has 1 unspecified atom stereocenters. The van der Waals surface area contributed by atoms with Gasteiger partial charge in [0.05, 0.1) is 12.0 Å². The van der Waals surface area contributed by atoms with E-state index in [1.807, 2.05) is 17.0 Å². The summed E-state index contributed by atoms with van der Waals surface area (Å²) in [5.41, 5.74) is 0.577. The van der Waals surface area contributed by atoms with Crippen molar-refractivity contribution >= 4 is 5.91 Å². The number of piperidine rings is 1. The molecule has 120 valence electrons.